The van der Waals surface area contributed by atoms with Crippen LogP contribution in [-0.2, 0) is 0 Å². The summed E-state index contributed by atoms with van der Waals surface area (Å²) in [6.07, 6.45) is 0.565. The van der Waals surface area contributed by atoms with Crippen molar-refractivity contribution in [2.24, 2.45) is 0 Å². The second-order valence-electron chi connectivity index (χ2n) is 2.59. The maximum Gasteiger partial charge on any atom is 0.0640 e. The molecule has 0 atom stereocenters. The van der Waals surface area contributed by atoms with Crippen molar-refractivity contribution in [3.63, 3.8) is 0 Å². The van der Waals surface area contributed by atoms with Crippen LogP contribution < -0.4 is 4.90 Å². The summed E-state index contributed by atoms with van der Waals surface area (Å²) in [5.74, 6) is 0. The minimum Gasteiger partial charge on any atom is -0.374 e. The summed E-state index contributed by atoms with van der Waals surface area (Å²) in [6.45, 7) is 0.778. The van der Waals surface area contributed by atoms with E-state index in [-0.39, 0.29) is 0 Å². The van der Waals surface area contributed by atoms with Gasteiger partial charge in [0.05, 0.1) is 12.5 Å². The Hall–Kier alpha value is -1.49. The van der Waals surface area contributed by atoms with E-state index in [4.69, 9.17) is 5.26 Å². The molecule has 0 spiro atoms. The van der Waals surface area contributed by atoms with Crippen LogP contribution in [0, 0.1) is 17.4 Å². The standard InChI is InChI=1S/C10H11N2/c1-12(9-5-8-11)10-6-3-2-4-7-10/h3-4,6-7H,5,9H2,1H3. The van der Waals surface area contributed by atoms with Crippen LogP contribution in [0.4, 0.5) is 5.69 Å². The first-order valence-electron chi connectivity index (χ1n) is 3.89. The molecule has 0 fully saturated rings. The van der Waals surface area contributed by atoms with E-state index < -0.39 is 0 Å². The molecule has 0 aliphatic rings. The van der Waals surface area contributed by atoms with Gasteiger partial charge in [-0.25, -0.2) is 0 Å². The lowest BCUT2D eigenvalue weighted by atomic mass is 10.3. The van der Waals surface area contributed by atoms with Crippen LogP contribution in [0.2, 0.25) is 0 Å². The Morgan fingerprint density at radius 3 is 2.75 bits per heavy atom. The molecule has 0 aliphatic carbocycles. The van der Waals surface area contributed by atoms with Gasteiger partial charge in [0.1, 0.15) is 0 Å². The monoisotopic (exact) mass is 159 g/mol. The van der Waals surface area contributed by atoms with Crippen molar-refractivity contribution in [1.29, 1.82) is 5.26 Å². The maximum absolute atomic E-state index is 8.38. The van der Waals surface area contributed by atoms with Gasteiger partial charge in [0.2, 0.25) is 0 Å². The molecule has 2 heteroatoms. The predicted octanol–water partition coefficient (Wildman–Crippen LogP) is 1.84. The molecule has 2 nitrogen and oxygen atoms in total. The maximum atomic E-state index is 8.38. The van der Waals surface area contributed by atoms with Crippen LogP contribution in [-0.4, -0.2) is 13.6 Å². The Morgan fingerprint density at radius 1 is 1.50 bits per heavy atom. The molecule has 0 heterocycles. The third-order valence-electron chi connectivity index (χ3n) is 1.70. The Kier molecular flexibility index (Phi) is 3.16. The van der Waals surface area contributed by atoms with Gasteiger partial charge < -0.3 is 4.90 Å². The molecular formula is C10H11N2. The number of nitrogens with zero attached hydrogens (tertiary/aromatic N) is 2. The largest absolute Gasteiger partial charge is 0.374 e. The van der Waals surface area contributed by atoms with Crippen molar-refractivity contribution in [3.8, 4) is 6.07 Å². The van der Waals surface area contributed by atoms with Crippen molar-refractivity contribution in [2.75, 3.05) is 18.5 Å². The van der Waals surface area contributed by atoms with E-state index in [0.717, 1.165) is 12.2 Å². The molecule has 1 rings (SSSR count). The molecule has 0 bridgehead atoms. The first-order chi connectivity index (χ1) is 5.84. The molecule has 0 saturated heterocycles. The van der Waals surface area contributed by atoms with Gasteiger partial charge >= 0.3 is 0 Å². The minimum atomic E-state index is 0.565. The third kappa shape index (κ3) is 2.28. The summed E-state index contributed by atoms with van der Waals surface area (Å²) < 4.78 is 0. The third-order valence-corrected chi connectivity index (χ3v) is 1.70. The molecule has 0 N–H and O–H groups in total. The van der Waals surface area contributed by atoms with Crippen molar-refractivity contribution in [2.45, 2.75) is 6.42 Å². The number of hydrogen-bond donors (Lipinski definition) is 0. The highest BCUT2D eigenvalue weighted by atomic mass is 15.1. The van der Waals surface area contributed by atoms with Crippen LogP contribution in [0.3, 0.4) is 0 Å². The first kappa shape index (κ1) is 8.61. The summed E-state index contributed by atoms with van der Waals surface area (Å²) in [4.78, 5) is 2.05. The summed E-state index contributed by atoms with van der Waals surface area (Å²) in [6, 6.07) is 12.8. The quantitative estimate of drug-likeness (QED) is 0.672. The van der Waals surface area contributed by atoms with E-state index in [1.807, 2.05) is 31.3 Å². The highest BCUT2D eigenvalue weighted by Crippen LogP contribution is 2.10. The van der Waals surface area contributed by atoms with E-state index in [1.54, 1.807) is 0 Å². The lowest BCUT2D eigenvalue weighted by Crippen LogP contribution is -2.17. The molecule has 1 aromatic rings. The van der Waals surface area contributed by atoms with E-state index in [2.05, 4.69) is 17.0 Å². The number of benzene rings is 1. The van der Waals surface area contributed by atoms with Gasteiger partial charge in [0.15, 0.2) is 0 Å². The van der Waals surface area contributed by atoms with Gasteiger partial charge in [-0.05, 0) is 18.2 Å². The zero-order valence-electron chi connectivity index (χ0n) is 7.12. The Balaban J connectivity index is 2.55. The van der Waals surface area contributed by atoms with Gasteiger partial charge in [-0.2, -0.15) is 5.26 Å². The number of nitriles is 1. The summed E-state index contributed by atoms with van der Waals surface area (Å²) >= 11 is 0. The zero-order chi connectivity index (χ0) is 8.81. The van der Waals surface area contributed by atoms with Crippen molar-refractivity contribution in [1.82, 2.24) is 0 Å². The number of anilines is 1. The molecule has 0 amide bonds. The molecular weight excluding hydrogens is 148 g/mol. The highest BCUT2D eigenvalue weighted by Gasteiger charge is 1.96. The van der Waals surface area contributed by atoms with Crippen molar-refractivity contribution < 1.29 is 0 Å². The van der Waals surface area contributed by atoms with Crippen LogP contribution in [0.15, 0.2) is 24.3 Å². The van der Waals surface area contributed by atoms with Gasteiger partial charge in [-0.3, -0.25) is 0 Å². The highest BCUT2D eigenvalue weighted by molar-refractivity contribution is 5.44. The van der Waals surface area contributed by atoms with E-state index in [9.17, 15) is 0 Å². The van der Waals surface area contributed by atoms with Crippen molar-refractivity contribution in [3.05, 3.63) is 30.3 Å². The van der Waals surface area contributed by atoms with Gasteiger partial charge in [-0.1, -0.05) is 12.1 Å². The van der Waals surface area contributed by atoms with Crippen LogP contribution in [0.25, 0.3) is 0 Å². The smallest absolute Gasteiger partial charge is 0.0640 e. The zero-order valence-corrected chi connectivity index (χ0v) is 7.12. The summed E-state index contributed by atoms with van der Waals surface area (Å²) in [5.41, 5.74) is 1.13. The lowest BCUT2D eigenvalue weighted by Gasteiger charge is -2.16. The minimum absolute atomic E-state index is 0.565. The average molecular weight is 159 g/mol. The SMILES string of the molecule is CN(CCC#N)c1cc[c]cc1. The predicted molar refractivity (Wildman–Crippen MR) is 48.8 cm³/mol. The Labute approximate surface area is 73.0 Å². The Bertz CT molecular complexity index is 261. The number of hydrogen-bond acceptors (Lipinski definition) is 2. The lowest BCUT2D eigenvalue weighted by molar-refractivity contribution is 0.905. The fourth-order valence-electron chi connectivity index (χ4n) is 0.979. The van der Waals surface area contributed by atoms with Crippen molar-refractivity contribution >= 4 is 5.69 Å². The molecule has 12 heavy (non-hydrogen) atoms. The van der Waals surface area contributed by atoms with Gasteiger partial charge in [0.25, 0.3) is 0 Å². The molecule has 0 unspecified atom stereocenters. The molecule has 1 aromatic carbocycles. The molecule has 0 aliphatic heterocycles. The van der Waals surface area contributed by atoms with E-state index in [0.29, 0.717) is 6.42 Å². The normalized spacial score (nSPS) is 9.00. The second-order valence-corrected chi connectivity index (χ2v) is 2.59. The van der Waals surface area contributed by atoms with Gasteiger partial charge in [0, 0.05) is 19.3 Å². The second kappa shape index (κ2) is 4.40. The fraction of sp³-hybridized carbons (Fsp3) is 0.300. The van der Waals surface area contributed by atoms with Crippen LogP contribution in [0.5, 0.6) is 0 Å². The number of rotatable bonds is 3. The Morgan fingerprint density at radius 2 is 2.17 bits per heavy atom. The van der Waals surface area contributed by atoms with E-state index >= 15 is 0 Å². The van der Waals surface area contributed by atoms with Gasteiger partial charge in [-0.15, -0.1) is 0 Å². The van der Waals surface area contributed by atoms with Crippen LogP contribution >= 0.6 is 0 Å². The molecule has 0 saturated carbocycles. The molecule has 61 valence electrons. The first-order valence-corrected chi connectivity index (χ1v) is 3.89. The van der Waals surface area contributed by atoms with E-state index in [1.165, 1.54) is 0 Å². The summed E-state index contributed by atoms with van der Waals surface area (Å²) in [5, 5.41) is 8.38. The fourth-order valence-corrected chi connectivity index (χ4v) is 0.979. The average Bonchev–Trinajstić information content (AvgIpc) is 2.15. The molecule has 0 aromatic heterocycles. The van der Waals surface area contributed by atoms with Crippen LogP contribution in [0.1, 0.15) is 6.42 Å². The molecule has 1 radical (unpaired) electrons. The topological polar surface area (TPSA) is 27.0 Å². The summed E-state index contributed by atoms with van der Waals surface area (Å²) in [7, 11) is 1.98.